The van der Waals surface area contributed by atoms with Crippen LogP contribution in [0, 0.1) is 0 Å². The van der Waals surface area contributed by atoms with Crippen LogP contribution in [0.2, 0.25) is 0 Å². The van der Waals surface area contributed by atoms with Gasteiger partial charge in [-0.15, -0.1) is 0 Å². The lowest BCUT2D eigenvalue weighted by molar-refractivity contribution is 0.0904. The van der Waals surface area contributed by atoms with Crippen LogP contribution in [0.4, 0.5) is 0 Å². The number of hydrogen-bond acceptors (Lipinski definition) is 6. The number of carbonyl (C=O) groups excluding carboxylic acids is 1. The summed E-state index contributed by atoms with van der Waals surface area (Å²) in [5.41, 5.74) is 2.87. The van der Waals surface area contributed by atoms with Crippen LogP contribution in [0.1, 0.15) is 61.1 Å². The van der Waals surface area contributed by atoms with Gasteiger partial charge in [0.15, 0.2) is 5.76 Å². The number of imidazole rings is 1. The summed E-state index contributed by atoms with van der Waals surface area (Å²) in [5, 5.41) is 6.86. The number of hydrogen-bond donors (Lipinski definition) is 1. The minimum Gasteiger partial charge on any atom is -0.459 e. The van der Waals surface area contributed by atoms with Crippen LogP contribution in [0.25, 0.3) is 22.4 Å². The molecule has 0 unspecified atom stereocenters. The predicted molar refractivity (Wildman–Crippen MR) is 105 cm³/mol. The van der Waals surface area contributed by atoms with Crippen LogP contribution in [0.5, 0.6) is 0 Å². The molecule has 1 amide bonds. The van der Waals surface area contributed by atoms with E-state index in [2.05, 4.69) is 31.1 Å². The second-order valence-corrected chi connectivity index (χ2v) is 7.42. The topological polar surface area (TPSA) is 99.0 Å². The second kappa shape index (κ2) is 7.20. The van der Waals surface area contributed by atoms with Crippen LogP contribution in [0.3, 0.4) is 0 Å². The fraction of sp³-hybridized carbons (Fsp3) is 0.333. The molecule has 0 bridgehead atoms. The van der Waals surface area contributed by atoms with E-state index in [-0.39, 0.29) is 11.7 Å². The molecule has 5 rings (SSSR count). The molecule has 4 aromatic rings. The van der Waals surface area contributed by atoms with Crippen molar-refractivity contribution in [3.63, 3.8) is 0 Å². The molecule has 148 valence electrons. The van der Waals surface area contributed by atoms with E-state index < -0.39 is 6.04 Å². The molecule has 0 saturated heterocycles. The van der Waals surface area contributed by atoms with E-state index in [9.17, 15) is 4.79 Å². The summed E-state index contributed by atoms with van der Waals surface area (Å²) >= 11 is 0. The van der Waals surface area contributed by atoms with Gasteiger partial charge in [0.1, 0.15) is 6.04 Å². The van der Waals surface area contributed by atoms with Gasteiger partial charge < -0.3 is 18.8 Å². The Bertz CT molecular complexity index is 1140. The van der Waals surface area contributed by atoms with E-state index in [0.29, 0.717) is 17.8 Å². The van der Waals surface area contributed by atoms with Crippen molar-refractivity contribution in [3.05, 3.63) is 54.6 Å². The Morgan fingerprint density at radius 2 is 2.14 bits per heavy atom. The molecule has 0 aliphatic heterocycles. The first-order chi connectivity index (χ1) is 14.2. The van der Waals surface area contributed by atoms with Crippen LogP contribution >= 0.6 is 0 Å². The van der Waals surface area contributed by atoms with Crippen molar-refractivity contribution in [3.8, 4) is 11.4 Å². The lowest BCUT2D eigenvalue weighted by atomic mass is 10.1. The number of carbonyl (C=O) groups is 1. The molecule has 1 saturated carbocycles. The van der Waals surface area contributed by atoms with Crippen molar-refractivity contribution in [2.24, 2.45) is 0 Å². The lowest BCUT2D eigenvalue weighted by Gasteiger charge is -2.12. The summed E-state index contributed by atoms with van der Waals surface area (Å²) in [5.74, 6) is 0.703. The fourth-order valence-corrected chi connectivity index (χ4v) is 3.91. The largest absolute Gasteiger partial charge is 0.459 e. The van der Waals surface area contributed by atoms with E-state index in [1.165, 1.54) is 31.9 Å². The van der Waals surface area contributed by atoms with Crippen LogP contribution in [0.15, 0.2) is 51.9 Å². The van der Waals surface area contributed by atoms with Crippen molar-refractivity contribution >= 4 is 16.9 Å². The summed E-state index contributed by atoms with van der Waals surface area (Å²) in [6, 6.07) is 9.38. The summed E-state index contributed by atoms with van der Waals surface area (Å²) in [6.07, 6.45) is 8.37. The fourth-order valence-electron chi connectivity index (χ4n) is 3.91. The first-order valence-corrected chi connectivity index (χ1v) is 9.84. The zero-order valence-electron chi connectivity index (χ0n) is 16.0. The molecule has 29 heavy (non-hydrogen) atoms. The Kier molecular flexibility index (Phi) is 4.38. The first kappa shape index (κ1) is 17.7. The highest BCUT2D eigenvalue weighted by atomic mass is 16.5. The number of nitrogens with one attached hydrogen (secondary N) is 1. The predicted octanol–water partition coefficient (Wildman–Crippen LogP) is 4.29. The smallest absolute Gasteiger partial charge is 0.287 e. The van der Waals surface area contributed by atoms with E-state index in [4.69, 9.17) is 8.94 Å². The maximum Gasteiger partial charge on any atom is 0.287 e. The molecule has 3 heterocycles. The summed E-state index contributed by atoms with van der Waals surface area (Å²) in [4.78, 5) is 21.1. The molecule has 3 aromatic heterocycles. The number of amides is 1. The van der Waals surface area contributed by atoms with Crippen LogP contribution in [-0.4, -0.2) is 25.6 Å². The zero-order valence-corrected chi connectivity index (χ0v) is 16.0. The van der Waals surface area contributed by atoms with Gasteiger partial charge in [0.2, 0.25) is 11.7 Å². The van der Waals surface area contributed by atoms with Gasteiger partial charge in [-0.1, -0.05) is 18.0 Å². The van der Waals surface area contributed by atoms with E-state index >= 15 is 0 Å². The Balaban J connectivity index is 1.35. The number of aromatic nitrogens is 4. The average Bonchev–Trinajstić information content (AvgIpc) is 3.54. The van der Waals surface area contributed by atoms with E-state index in [0.717, 1.165) is 16.6 Å². The van der Waals surface area contributed by atoms with Gasteiger partial charge in [0, 0.05) is 11.6 Å². The molecule has 0 radical (unpaired) electrons. The van der Waals surface area contributed by atoms with Gasteiger partial charge in [-0.3, -0.25) is 4.79 Å². The quantitative estimate of drug-likeness (QED) is 0.545. The number of benzene rings is 1. The molecule has 8 heteroatoms. The number of rotatable bonds is 5. The zero-order chi connectivity index (χ0) is 19.8. The first-order valence-electron chi connectivity index (χ1n) is 9.84. The van der Waals surface area contributed by atoms with Crippen LogP contribution < -0.4 is 5.32 Å². The van der Waals surface area contributed by atoms with Gasteiger partial charge in [-0.25, -0.2) is 4.98 Å². The molecule has 0 spiro atoms. The Labute approximate surface area is 166 Å². The van der Waals surface area contributed by atoms with Gasteiger partial charge >= 0.3 is 0 Å². The van der Waals surface area contributed by atoms with Gasteiger partial charge in [0.25, 0.3) is 5.91 Å². The van der Waals surface area contributed by atoms with Crippen molar-refractivity contribution in [2.75, 3.05) is 0 Å². The molecular formula is C21H21N5O3. The second-order valence-electron chi connectivity index (χ2n) is 7.42. The van der Waals surface area contributed by atoms with Gasteiger partial charge in [-0.05, 0) is 50.1 Å². The van der Waals surface area contributed by atoms with Gasteiger partial charge in [-0.2, -0.15) is 4.98 Å². The van der Waals surface area contributed by atoms with E-state index in [1.54, 1.807) is 19.1 Å². The molecule has 1 fully saturated rings. The maximum atomic E-state index is 12.1. The SMILES string of the molecule is C[C@H](NC(=O)c1ccco1)c1nc(-c2ccc3c(c2)ncn3C2CCCC2)no1. The van der Waals surface area contributed by atoms with Crippen molar-refractivity contribution < 1.29 is 13.7 Å². The standard InChI is InChI=1S/C21H21N5O3/c1-13(23-20(27)18-7-4-10-28-18)21-24-19(25-29-21)14-8-9-17-16(11-14)22-12-26(17)15-5-2-3-6-15/h4,7-13,15H,2-3,5-6H2,1H3,(H,23,27)/t13-/m0/s1. The minimum absolute atomic E-state index is 0.236. The van der Waals surface area contributed by atoms with Crippen molar-refractivity contribution in [1.29, 1.82) is 0 Å². The summed E-state index contributed by atoms with van der Waals surface area (Å²) in [6.45, 7) is 1.78. The molecule has 8 nitrogen and oxygen atoms in total. The van der Waals surface area contributed by atoms with Crippen molar-refractivity contribution in [2.45, 2.75) is 44.7 Å². The maximum absolute atomic E-state index is 12.1. The summed E-state index contributed by atoms with van der Waals surface area (Å²) < 4.78 is 12.7. The molecular weight excluding hydrogens is 370 g/mol. The molecule has 1 aliphatic rings. The highest BCUT2D eigenvalue weighted by molar-refractivity contribution is 5.91. The van der Waals surface area contributed by atoms with E-state index in [1.807, 2.05) is 18.5 Å². The Morgan fingerprint density at radius 1 is 1.28 bits per heavy atom. The third-order valence-corrected chi connectivity index (χ3v) is 5.46. The molecule has 1 N–H and O–H groups in total. The molecule has 1 aliphatic carbocycles. The lowest BCUT2D eigenvalue weighted by Crippen LogP contribution is -2.26. The highest BCUT2D eigenvalue weighted by Gasteiger charge is 2.21. The normalized spacial score (nSPS) is 15.8. The highest BCUT2D eigenvalue weighted by Crippen LogP contribution is 2.33. The molecule has 1 atom stereocenters. The van der Waals surface area contributed by atoms with Gasteiger partial charge in [0.05, 0.1) is 23.6 Å². The van der Waals surface area contributed by atoms with Crippen molar-refractivity contribution in [1.82, 2.24) is 25.0 Å². The number of nitrogens with zero attached hydrogens (tertiary/aromatic N) is 4. The monoisotopic (exact) mass is 391 g/mol. The summed E-state index contributed by atoms with van der Waals surface area (Å²) in [7, 11) is 0. The Hall–Kier alpha value is -3.42. The number of fused-ring (bicyclic) bond motifs is 1. The third-order valence-electron chi connectivity index (χ3n) is 5.46. The minimum atomic E-state index is -0.445. The number of furan rings is 1. The Morgan fingerprint density at radius 3 is 2.93 bits per heavy atom. The average molecular weight is 391 g/mol. The third kappa shape index (κ3) is 3.30. The van der Waals surface area contributed by atoms with Crippen LogP contribution in [-0.2, 0) is 0 Å². The molecule has 1 aromatic carbocycles.